The highest BCUT2D eigenvalue weighted by Crippen LogP contribution is 2.39. The van der Waals surface area contributed by atoms with E-state index in [0.717, 1.165) is 0 Å². The van der Waals surface area contributed by atoms with E-state index in [1.165, 1.54) is 6.92 Å². The molecule has 0 saturated carbocycles. The fourth-order valence-corrected chi connectivity index (χ4v) is 8.11. The van der Waals surface area contributed by atoms with Gasteiger partial charge >= 0.3 is 5.97 Å². The van der Waals surface area contributed by atoms with Crippen LogP contribution in [0.15, 0.2) is 0 Å². The average Bonchev–Trinajstić information content (AvgIpc) is 2.88. The number of rotatable bonds is 18. The predicted molar refractivity (Wildman–Crippen MR) is 178 cm³/mol. The van der Waals surface area contributed by atoms with Gasteiger partial charge in [-0.15, -0.1) is 0 Å². The van der Waals surface area contributed by atoms with Crippen LogP contribution in [-0.4, -0.2) is 120 Å². The molecule has 0 spiro atoms. The summed E-state index contributed by atoms with van der Waals surface area (Å²) in [5, 5.41) is 28.9. The summed E-state index contributed by atoms with van der Waals surface area (Å²) in [5.74, 6) is -3.88. The Morgan fingerprint density at radius 3 is 1.98 bits per heavy atom. The van der Waals surface area contributed by atoms with Crippen LogP contribution in [0.4, 0.5) is 0 Å². The van der Waals surface area contributed by atoms with Crippen LogP contribution in [0.3, 0.4) is 0 Å². The Bertz CT molecular complexity index is 1090. The molecule has 15 nitrogen and oxygen atoms in total. The molecule has 1 fully saturated rings. The Kier molecular flexibility index (Phi) is 15.2. The van der Waals surface area contributed by atoms with Crippen molar-refractivity contribution in [2.75, 3.05) is 13.2 Å². The number of ether oxygens (including phenoxy) is 2. The minimum absolute atomic E-state index is 0.0955. The molecule has 4 amide bonds. The largest absolute Gasteiger partial charge is 0.481 e. The zero-order valence-corrected chi connectivity index (χ0v) is 32.1. The number of aliphatic hydroxyl groups is 1. The number of nitrogens with one attached hydrogen (secondary N) is 3. The molecule has 7 N–H and O–H groups in total. The minimum Gasteiger partial charge on any atom is -0.481 e. The monoisotopic (exact) mass is 708 g/mol. The number of carboxylic acid groups (broad SMARTS) is 1. The average molecular weight is 709 g/mol. The second kappa shape index (κ2) is 16.8. The molecule has 1 aliphatic rings. The predicted octanol–water partition coefficient (Wildman–Crippen LogP) is 0.642. The molecule has 1 aliphatic heterocycles. The highest BCUT2D eigenvalue weighted by atomic mass is 28.4. The Labute approximate surface area is 275 Å². The number of aliphatic carboxylic acids is 1. The molecule has 0 aromatic rings. The van der Waals surface area contributed by atoms with Gasteiger partial charge in [0, 0.05) is 12.8 Å². The van der Waals surface area contributed by atoms with E-state index in [2.05, 4.69) is 16.0 Å². The van der Waals surface area contributed by atoms with Crippen LogP contribution in [-0.2, 0) is 42.3 Å². The Morgan fingerprint density at radius 2 is 1.52 bits per heavy atom. The summed E-state index contributed by atoms with van der Waals surface area (Å²) in [6.07, 6.45) is -3.15. The van der Waals surface area contributed by atoms with Crippen molar-refractivity contribution < 1.29 is 52.5 Å². The molecule has 7 atom stereocenters. The van der Waals surface area contributed by atoms with Gasteiger partial charge in [-0.1, -0.05) is 26.6 Å². The molecule has 266 valence electrons. The smallest absolute Gasteiger partial charge is 0.303 e. The van der Waals surface area contributed by atoms with Gasteiger partial charge in [-0.3, -0.25) is 24.0 Å². The molecule has 0 bridgehead atoms. The van der Waals surface area contributed by atoms with Gasteiger partial charge in [-0.05, 0) is 52.6 Å². The summed E-state index contributed by atoms with van der Waals surface area (Å²) in [4.78, 5) is 61.2. The van der Waals surface area contributed by atoms with Crippen molar-refractivity contribution in [3.8, 4) is 0 Å². The van der Waals surface area contributed by atoms with Gasteiger partial charge in [0.05, 0.1) is 6.61 Å². The van der Waals surface area contributed by atoms with Crippen LogP contribution in [0.5, 0.6) is 0 Å². The molecule has 0 aromatic carbocycles. The molecule has 0 aromatic heterocycles. The number of carbonyl (C=O) groups excluding carboxylic acids is 4. The van der Waals surface area contributed by atoms with Crippen LogP contribution in [0.25, 0.3) is 0 Å². The third kappa shape index (κ3) is 13.1. The molecule has 1 heterocycles. The van der Waals surface area contributed by atoms with Crippen molar-refractivity contribution in [1.29, 1.82) is 0 Å². The maximum atomic E-state index is 13.1. The number of hydrogen-bond donors (Lipinski definition) is 6. The quantitative estimate of drug-likeness (QED) is 0.108. The van der Waals surface area contributed by atoms with Crippen molar-refractivity contribution >= 4 is 54.3 Å². The molecule has 1 saturated heterocycles. The zero-order chi connectivity index (χ0) is 35.8. The maximum absolute atomic E-state index is 13.1. The van der Waals surface area contributed by atoms with Crippen LogP contribution in [0.1, 0.15) is 33.1 Å². The minimum atomic E-state index is -2.68. The van der Waals surface area contributed by atoms with E-state index in [1.54, 1.807) is 6.92 Å². The van der Waals surface area contributed by atoms with Gasteiger partial charge in [-0.2, -0.15) is 0 Å². The second-order valence-corrected chi connectivity index (χ2v) is 28.8. The Morgan fingerprint density at radius 1 is 0.935 bits per heavy atom. The first kappa shape index (κ1) is 41.8. The van der Waals surface area contributed by atoms with Gasteiger partial charge in [0.1, 0.15) is 51.1 Å². The molecule has 0 aliphatic carbocycles. The second-order valence-electron chi connectivity index (χ2n) is 14.6. The van der Waals surface area contributed by atoms with Crippen LogP contribution in [0.2, 0.25) is 58.9 Å². The van der Waals surface area contributed by atoms with E-state index in [-0.39, 0.29) is 25.4 Å². The van der Waals surface area contributed by atoms with E-state index in [9.17, 15) is 29.1 Å². The van der Waals surface area contributed by atoms with Gasteiger partial charge in [-0.25, -0.2) is 0 Å². The lowest BCUT2D eigenvalue weighted by Crippen LogP contribution is -2.78. The summed E-state index contributed by atoms with van der Waals surface area (Å²) in [5.41, 5.74) is 3.46. The normalized spacial score (nSPS) is 25.2. The molecule has 18 heteroatoms. The number of nitrogens with two attached hydrogens (primary N) is 1. The highest BCUT2D eigenvalue weighted by Gasteiger charge is 2.61. The SMILES string of the molecule is CCC(=O)N[C@@H]1[C@@H](OCC(=O)NC(C)C(=O)NC(CCC(=O)O)C(N)=O)[C@H](O[Si](C)(C)C)[C@@H](CO[Si](C)(C)C)OC1(O)[Si](C)(C)C. The Balaban J connectivity index is 3.38. The van der Waals surface area contributed by atoms with E-state index in [1.807, 2.05) is 58.9 Å². The maximum Gasteiger partial charge on any atom is 0.303 e. The van der Waals surface area contributed by atoms with Gasteiger partial charge in [0.25, 0.3) is 0 Å². The Hall–Kier alpha value is -2.20. The van der Waals surface area contributed by atoms with Crippen LogP contribution in [0, 0.1) is 0 Å². The molecular weight excluding hydrogens is 653 g/mol. The van der Waals surface area contributed by atoms with Crippen molar-refractivity contribution in [3.63, 3.8) is 0 Å². The van der Waals surface area contributed by atoms with E-state index < -0.39 is 103 Å². The van der Waals surface area contributed by atoms with Crippen molar-refractivity contribution in [1.82, 2.24) is 16.0 Å². The fourth-order valence-electron chi connectivity index (χ4n) is 4.67. The van der Waals surface area contributed by atoms with E-state index in [4.69, 9.17) is 29.2 Å². The number of carboxylic acids is 1. The number of primary amides is 1. The number of carbonyl (C=O) groups is 5. The molecule has 0 radical (unpaired) electrons. The van der Waals surface area contributed by atoms with Gasteiger partial charge < -0.3 is 50.2 Å². The lowest BCUT2D eigenvalue weighted by molar-refractivity contribution is -0.284. The lowest BCUT2D eigenvalue weighted by Gasteiger charge is -2.56. The summed E-state index contributed by atoms with van der Waals surface area (Å²) in [6.45, 7) is 20.3. The van der Waals surface area contributed by atoms with E-state index >= 15 is 0 Å². The topological polar surface area (TPSA) is 225 Å². The van der Waals surface area contributed by atoms with Gasteiger partial charge in [0.15, 0.2) is 22.0 Å². The molecule has 1 rings (SSSR count). The third-order valence-corrected chi connectivity index (χ3v) is 11.7. The van der Waals surface area contributed by atoms with Gasteiger partial charge in [0.2, 0.25) is 23.6 Å². The molecule has 46 heavy (non-hydrogen) atoms. The molecular formula is C28H56N4O11Si3. The standard InChI is InChI=1S/C28H56N4O11Si3/c1-12-20(33)32-25-24(40-16-21(34)30-17(2)27(38)31-18(26(29)37)13-14-22(35)36)23(43-46(9,10)11)19(15-41-45(6,7)8)42-28(25,39)44(3,4)5/h17-19,23-25,39H,12-16H2,1-11H3,(H2,29,37)(H,30,34)(H,31,38)(H,32,33)(H,35,36)/t17?,18?,19-,23-,24+,25-,28?/m1/s1. The summed E-state index contributed by atoms with van der Waals surface area (Å²) in [6, 6.07) is -3.48. The van der Waals surface area contributed by atoms with E-state index in [0.29, 0.717) is 0 Å². The van der Waals surface area contributed by atoms with Crippen molar-refractivity contribution in [3.05, 3.63) is 0 Å². The first-order chi connectivity index (χ1) is 20.8. The fraction of sp³-hybridized carbons (Fsp3) is 0.821. The highest BCUT2D eigenvalue weighted by molar-refractivity contribution is 6.78. The lowest BCUT2D eigenvalue weighted by atomic mass is 9.96. The first-order valence-electron chi connectivity index (χ1n) is 15.5. The summed E-state index contributed by atoms with van der Waals surface area (Å²) < 4.78 is 25.5. The number of hydrogen-bond acceptors (Lipinski definition) is 10. The van der Waals surface area contributed by atoms with Crippen LogP contribution >= 0.6 is 0 Å². The summed E-state index contributed by atoms with van der Waals surface area (Å²) >= 11 is 0. The zero-order valence-electron chi connectivity index (χ0n) is 29.1. The third-order valence-electron chi connectivity index (χ3n) is 7.14. The first-order valence-corrected chi connectivity index (χ1v) is 25.9. The van der Waals surface area contributed by atoms with Crippen molar-refractivity contribution in [2.45, 2.75) is 134 Å². The van der Waals surface area contributed by atoms with Crippen molar-refractivity contribution in [2.24, 2.45) is 5.73 Å². The molecule has 3 unspecified atom stereocenters. The number of amides is 4. The summed E-state index contributed by atoms with van der Waals surface area (Å²) in [7, 11) is -7.06. The van der Waals surface area contributed by atoms with Crippen LogP contribution < -0.4 is 21.7 Å².